The summed E-state index contributed by atoms with van der Waals surface area (Å²) in [6.07, 6.45) is 3.42. The highest BCUT2D eigenvalue weighted by Gasteiger charge is 2.14. The summed E-state index contributed by atoms with van der Waals surface area (Å²) in [6, 6.07) is 20.6. The van der Waals surface area contributed by atoms with Gasteiger partial charge in [0.25, 0.3) is 11.5 Å². The fourth-order valence-electron chi connectivity index (χ4n) is 3.69. The number of nitrogens with zero attached hydrogens (tertiary/aromatic N) is 4. The zero-order valence-corrected chi connectivity index (χ0v) is 20.2. The largest absolute Gasteiger partial charge is 0.382 e. The van der Waals surface area contributed by atoms with Crippen molar-refractivity contribution in [3.63, 3.8) is 0 Å². The first kappa shape index (κ1) is 24.1. The lowest BCUT2D eigenvalue weighted by atomic mass is 10.1. The summed E-state index contributed by atoms with van der Waals surface area (Å²) in [6.45, 7) is 2.03. The highest BCUT2D eigenvalue weighted by atomic mass is 35.5. The van der Waals surface area contributed by atoms with Crippen molar-refractivity contribution in [2.75, 3.05) is 30.8 Å². The number of benzene rings is 2. The number of pyridine rings is 1. The second-order valence-corrected chi connectivity index (χ2v) is 8.70. The van der Waals surface area contributed by atoms with E-state index in [4.69, 9.17) is 17.3 Å². The van der Waals surface area contributed by atoms with Crippen molar-refractivity contribution >= 4 is 29.0 Å². The van der Waals surface area contributed by atoms with Crippen LogP contribution in [0.1, 0.15) is 21.5 Å². The summed E-state index contributed by atoms with van der Waals surface area (Å²) < 4.78 is 3.31. The number of nitrogen functional groups attached to an aromatic ring is 1. The molecule has 180 valence electrons. The second-order valence-electron chi connectivity index (χ2n) is 8.27. The maximum atomic E-state index is 12.6. The Bertz CT molecular complexity index is 1360. The quantitative estimate of drug-likeness (QED) is 0.375. The van der Waals surface area contributed by atoms with Gasteiger partial charge in [-0.3, -0.25) is 14.3 Å². The Morgan fingerprint density at radius 1 is 1.06 bits per heavy atom. The van der Waals surface area contributed by atoms with Crippen LogP contribution in [0.4, 0.5) is 11.5 Å². The molecule has 0 spiro atoms. The molecule has 2 heterocycles. The molecule has 4 rings (SSSR count). The van der Waals surface area contributed by atoms with Crippen molar-refractivity contribution in [2.45, 2.75) is 13.1 Å². The van der Waals surface area contributed by atoms with E-state index in [0.717, 1.165) is 16.8 Å². The fraction of sp³-hybridized carbons (Fsp3) is 0.192. The molecule has 9 heteroatoms. The third kappa shape index (κ3) is 6.30. The van der Waals surface area contributed by atoms with E-state index in [1.165, 1.54) is 0 Å². The van der Waals surface area contributed by atoms with E-state index in [-0.39, 0.29) is 17.3 Å². The van der Waals surface area contributed by atoms with E-state index in [1.807, 2.05) is 66.5 Å². The lowest BCUT2D eigenvalue weighted by Gasteiger charge is -2.19. The lowest BCUT2D eigenvalue weighted by Crippen LogP contribution is -2.33. The van der Waals surface area contributed by atoms with Crippen LogP contribution >= 0.6 is 11.6 Å². The standard InChI is InChI=1S/C26H27ClN6O2/c1-31(22-6-4-5-21(27)15-22)14-12-29-26(35)23-18-33(30-25(23)28)17-20-10-8-19(9-11-20)16-32-13-3-2-7-24(32)34/h2-11,13,15,18H,12,14,16-17H2,1H3,(H2,28,30)(H,29,35). The number of nitrogens with two attached hydrogens (primary N) is 1. The van der Waals surface area contributed by atoms with Crippen molar-refractivity contribution in [3.05, 3.63) is 111 Å². The van der Waals surface area contributed by atoms with Crippen LogP contribution in [0, 0.1) is 0 Å². The Morgan fingerprint density at radius 3 is 2.51 bits per heavy atom. The number of halogens is 1. The highest BCUT2D eigenvalue weighted by molar-refractivity contribution is 6.30. The van der Waals surface area contributed by atoms with E-state index in [9.17, 15) is 9.59 Å². The molecule has 0 aliphatic heterocycles. The Labute approximate surface area is 208 Å². The summed E-state index contributed by atoms with van der Waals surface area (Å²) in [7, 11) is 1.94. The molecule has 2 aromatic carbocycles. The molecular weight excluding hydrogens is 464 g/mol. The average Bonchev–Trinajstić information content (AvgIpc) is 3.21. The van der Waals surface area contributed by atoms with Gasteiger partial charge in [0.2, 0.25) is 0 Å². The van der Waals surface area contributed by atoms with Crippen LogP contribution in [0.15, 0.2) is 83.9 Å². The maximum Gasteiger partial charge on any atom is 0.256 e. The molecule has 0 saturated heterocycles. The molecule has 0 unspecified atom stereocenters. The maximum absolute atomic E-state index is 12.6. The van der Waals surface area contributed by atoms with Gasteiger partial charge in [-0.15, -0.1) is 0 Å². The number of amides is 1. The topological polar surface area (TPSA) is 98.2 Å². The third-order valence-corrected chi connectivity index (χ3v) is 5.87. The molecule has 0 aliphatic carbocycles. The number of carbonyl (C=O) groups is 1. The molecule has 8 nitrogen and oxygen atoms in total. The SMILES string of the molecule is CN(CCNC(=O)c1cn(Cc2ccc(Cn3ccccc3=O)cc2)nc1N)c1cccc(Cl)c1. The molecule has 4 aromatic rings. The van der Waals surface area contributed by atoms with E-state index in [0.29, 0.717) is 36.8 Å². The Morgan fingerprint density at radius 2 is 1.80 bits per heavy atom. The van der Waals surface area contributed by atoms with Gasteiger partial charge in [0.05, 0.1) is 13.1 Å². The predicted molar refractivity (Wildman–Crippen MR) is 139 cm³/mol. The number of likely N-dealkylation sites (N-methyl/N-ethyl adjacent to an activating group) is 1. The number of carbonyl (C=O) groups excluding carboxylic acids is 1. The normalized spacial score (nSPS) is 10.8. The van der Waals surface area contributed by atoms with E-state index in [2.05, 4.69) is 10.4 Å². The number of hydrogen-bond donors (Lipinski definition) is 2. The molecule has 3 N–H and O–H groups in total. The number of rotatable bonds is 9. The number of nitrogens with one attached hydrogen (secondary N) is 1. The van der Waals surface area contributed by atoms with Crippen LogP contribution < -0.4 is 21.5 Å². The smallest absolute Gasteiger partial charge is 0.256 e. The lowest BCUT2D eigenvalue weighted by molar-refractivity contribution is 0.0955. The van der Waals surface area contributed by atoms with Gasteiger partial charge in [-0.05, 0) is 35.4 Å². The first-order chi connectivity index (χ1) is 16.9. The van der Waals surface area contributed by atoms with E-state index >= 15 is 0 Å². The molecular formula is C26H27ClN6O2. The van der Waals surface area contributed by atoms with Crippen LogP contribution in [0.25, 0.3) is 0 Å². The zero-order chi connectivity index (χ0) is 24.8. The Hall–Kier alpha value is -4.04. The van der Waals surface area contributed by atoms with Crippen molar-refractivity contribution in [2.24, 2.45) is 0 Å². The van der Waals surface area contributed by atoms with Gasteiger partial charge in [-0.2, -0.15) is 5.10 Å². The molecule has 35 heavy (non-hydrogen) atoms. The van der Waals surface area contributed by atoms with Gasteiger partial charge in [0.1, 0.15) is 5.56 Å². The van der Waals surface area contributed by atoms with Crippen molar-refractivity contribution in [1.29, 1.82) is 0 Å². The molecule has 0 saturated carbocycles. The van der Waals surface area contributed by atoms with E-state index in [1.54, 1.807) is 33.8 Å². The zero-order valence-electron chi connectivity index (χ0n) is 19.4. The number of anilines is 2. The third-order valence-electron chi connectivity index (χ3n) is 5.64. The molecule has 1 amide bonds. The molecule has 0 radical (unpaired) electrons. The number of aromatic nitrogens is 3. The minimum atomic E-state index is -0.267. The van der Waals surface area contributed by atoms with Crippen LogP contribution in [0.5, 0.6) is 0 Å². The molecule has 2 aromatic heterocycles. The number of hydrogen-bond acceptors (Lipinski definition) is 5. The second kappa shape index (κ2) is 10.9. The predicted octanol–water partition coefficient (Wildman–Crippen LogP) is 3.24. The van der Waals surface area contributed by atoms with Crippen LogP contribution in [0.3, 0.4) is 0 Å². The fourth-order valence-corrected chi connectivity index (χ4v) is 3.88. The summed E-state index contributed by atoms with van der Waals surface area (Å²) in [5.74, 6) is -0.0809. The molecule has 0 bridgehead atoms. The van der Waals surface area contributed by atoms with Gasteiger partial charge in [-0.25, -0.2) is 0 Å². The first-order valence-electron chi connectivity index (χ1n) is 11.2. The van der Waals surface area contributed by atoms with Crippen molar-refractivity contribution in [1.82, 2.24) is 19.7 Å². The van der Waals surface area contributed by atoms with Gasteiger partial charge < -0.3 is 20.5 Å². The van der Waals surface area contributed by atoms with Gasteiger partial charge in [-0.1, -0.05) is 48.0 Å². The summed E-state index contributed by atoms with van der Waals surface area (Å²) in [5, 5.41) is 7.85. The Kier molecular flexibility index (Phi) is 7.52. The minimum Gasteiger partial charge on any atom is -0.382 e. The van der Waals surface area contributed by atoms with Crippen LogP contribution in [-0.4, -0.2) is 40.4 Å². The van der Waals surface area contributed by atoms with Crippen molar-refractivity contribution < 1.29 is 4.79 Å². The minimum absolute atomic E-state index is 0.0366. The summed E-state index contributed by atoms with van der Waals surface area (Å²) >= 11 is 6.05. The van der Waals surface area contributed by atoms with Gasteiger partial charge in [0, 0.05) is 49.3 Å². The van der Waals surface area contributed by atoms with E-state index < -0.39 is 0 Å². The average molecular weight is 491 g/mol. The van der Waals surface area contributed by atoms with Gasteiger partial charge in [0.15, 0.2) is 5.82 Å². The summed E-state index contributed by atoms with van der Waals surface area (Å²) in [5.41, 5.74) is 9.31. The van der Waals surface area contributed by atoms with Crippen LogP contribution in [0.2, 0.25) is 5.02 Å². The summed E-state index contributed by atoms with van der Waals surface area (Å²) in [4.78, 5) is 26.5. The van der Waals surface area contributed by atoms with Gasteiger partial charge >= 0.3 is 0 Å². The highest BCUT2D eigenvalue weighted by Crippen LogP contribution is 2.18. The monoisotopic (exact) mass is 490 g/mol. The molecule has 0 aliphatic rings. The van der Waals surface area contributed by atoms with Crippen molar-refractivity contribution in [3.8, 4) is 0 Å². The molecule has 0 fully saturated rings. The molecule has 0 atom stereocenters. The first-order valence-corrected chi connectivity index (χ1v) is 11.6. The Balaban J connectivity index is 1.32. The van der Waals surface area contributed by atoms with Crippen LogP contribution in [-0.2, 0) is 13.1 Å².